The van der Waals surface area contributed by atoms with Crippen LogP contribution in [0.5, 0.6) is 0 Å². The Hall–Kier alpha value is -7.48. The maximum absolute atomic E-state index is 9.53. The fraction of sp³-hybridized carbons (Fsp3) is 0.0566. The zero-order valence-electron chi connectivity index (χ0n) is 33.3. The number of nitrogens with zero attached hydrogens (tertiary/aromatic N) is 4. The molecule has 8 aromatic carbocycles. The molecule has 0 fully saturated rings. The number of hydrogen-bond acceptors (Lipinski definition) is 4. The number of aromatic nitrogens is 3. The molecular weight excluding hydrogens is 693 g/mol. The first kappa shape index (κ1) is 30.8. The molecule has 0 N–H and O–H groups in total. The fourth-order valence-corrected chi connectivity index (χ4v) is 8.97. The lowest BCUT2D eigenvalue weighted by Crippen LogP contribution is -2.15. The summed E-state index contributed by atoms with van der Waals surface area (Å²) >= 11 is 0. The molecule has 266 valence electrons. The molecule has 9 aromatic rings. The molecule has 0 spiro atoms. The number of benzene rings is 8. The zero-order chi connectivity index (χ0) is 40.0. The average molecular weight is 729 g/mol. The van der Waals surface area contributed by atoms with E-state index in [1.54, 1.807) is 0 Å². The minimum atomic E-state index is -0.156. The van der Waals surface area contributed by atoms with Crippen LogP contribution in [0.1, 0.15) is 33.3 Å². The Morgan fingerprint density at radius 3 is 1.51 bits per heavy atom. The topological polar surface area (TPSA) is 62.5 Å². The van der Waals surface area contributed by atoms with Gasteiger partial charge in [0.2, 0.25) is 0 Å². The lowest BCUT2D eigenvalue weighted by molar-refractivity contribution is 0.660. The van der Waals surface area contributed by atoms with E-state index in [4.69, 9.17) is 17.7 Å². The van der Waals surface area contributed by atoms with Crippen LogP contribution >= 0.6 is 0 Å². The highest BCUT2D eigenvalue weighted by Gasteiger charge is 2.35. The van der Waals surface area contributed by atoms with Gasteiger partial charge in [0, 0.05) is 22.1 Å². The third-order valence-electron chi connectivity index (χ3n) is 11.8. The van der Waals surface area contributed by atoms with Gasteiger partial charge in [-0.15, -0.1) is 0 Å². The summed E-state index contributed by atoms with van der Waals surface area (Å²) in [5.74, 6) is 1.83. The van der Waals surface area contributed by atoms with Gasteiger partial charge in [0.25, 0.3) is 0 Å². The van der Waals surface area contributed by atoms with Crippen molar-refractivity contribution in [2.45, 2.75) is 19.3 Å². The smallest absolute Gasteiger partial charge is 0.164 e. The van der Waals surface area contributed by atoms with Crippen molar-refractivity contribution in [2.24, 2.45) is 0 Å². The van der Waals surface area contributed by atoms with Crippen LogP contribution in [0.2, 0.25) is 0 Å². The summed E-state index contributed by atoms with van der Waals surface area (Å²) in [4.78, 5) is 15.2. The van der Waals surface area contributed by atoms with Crippen molar-refractivity contribution < 1.29 is 2.74 Å². The summed E-state index contributed by atoms with van der Waals surface area (Å²) in [5.41, 5.74) is 16.5. The second-order valence-electron chi connectivity index (χ2n) is 15.3. The van der Waals surface area contributed by atoms with Crippen LogP contribution in [0.25, 0.3) is 101 Å². The fourth-order valence-electron chi connectivity index (χ4n) is 8.97. The molecule has 0 aliphatic heterocycles. The van der Waals surface area contributed by atoms with E-state index in [1.165, 1.54) is 22.3 Å². The molecule has 0 bridgehead atoms. The van der Waals surface area contributed by atoms with Crippen LogP contribution in [0, 0.1) is 11.3 Å². The van der Waals surface area contributed by atoms with Gasteiger partial charge in [-0.3, -0.25) is 0 Å². The van der Waals surface area contributed by atoms with E-state index in [1.807, 2.05) is 66.7 Å². The van der Waals surface area contributed by atoms with E-state index in [2.05, 4.69) is 111 Å². The van der Waals surface area contributed by atoms with Gasteiger partial charge < -0.3 is 0 Å². The van der Waals surface area contributed by atoms with E-state index in [0.717, 1.165) is 72.0 Å². The molecular formula is C53H34N4. The first-order valence-corrected chi connectivity index (χ1v) is 19.2. The van der Waals surface area contributed by atoms with Gasteiger partial charge in [-0.2, -0.15) is 5.26 Å². The van der Waals surface area contributed by atoms with Gasteiger partial charge in [0.15, 0.2) is 17.5 Å². The van der Waals surface area contributed by atoms with Crippen molar-refractivity contribution >= 4 is 10.8 Å². The molecule has 2 aliphatic rings. The Labute approximate surface area is 334 Å². The van der Waals surface area contributed by atoms with Crippen LogP contribution < -0.4 is 0 Å². The Kier molecular flexibility index (Phi) is 6.77. The van der Waals surface area contributed by atoms with Crippen molar-refractivity contribution in [1.82, 2.24) is 15.0 Å². The number of hydrogen-bond donors (Lipinski definition) is 0. The highest BCUT2D eigenvalue weighted by Crippen LogP contribution is 2.52. The van der Waals surface area contributed by atoms with E-state index in [9.17, 15) is 5.26 Å². The molecule has 57 heavy (non-hydrogen) atoms. The molecule has 11 rings (SSSR count). The van der Waals surface area contributed by atoms with Crippen molar-refractivity contribution in [1.29, 1.82) is 5.26 Å². The summed E-state index contributed by atoms with van der Waals surface area (Å²) in [7, 11) is 0. The maximum atomic E-state index is 9.53. The predicted octanol–water partition coefficient (Wildman–Crippen LogP) is 13.2. The van der Waals surface area contributed by atoms with Gasteiger partial charge >= 0.3 is 0 Å². The van der Waals surface area contributed by atoms with E-state index < -0.39 is 0 Å². The summed E-state index contributed by atoms with van der Waals surface area (Å²) in [6.07, 6.45) is 0. The van der Waals surface area contributed by atoms with Gasteiger partial charge in [0.1, 0.15) is 0 Å². The van der Waals surface area contributed by atoms with Gasteiger partial charge in [-0.05, 0) is 95.7 Å². The van der Waals surface area contributed by atoms with Crippen LogP contribution in [0.3, 0.4) is 0 Å². The second-order valence-corrected chi connectivity index (χ2v) is 15.3. The summed E-state index contributed by atoms with van der Waals surface area (Å²) in [5, 5.41) is 11.7. The van der Waals surface area contributed by atoms with Gasteiger partial charge in [-0.25, -0.2) is 15.0 Å². The quantitative estimate of drug-likeness (QED) is 0.177. The summed E-state index contributed by atoms with van der Waals surface area (Å²) in [6, 6.07) is 56.3. The molecule has 0 atom stereocenters. The Morgan fingerprint density at radius 2 is 0.877 bits per heavy atom. The van der Waals surface area contributed by atoms with Crippen LogP contribution in [0.4, 0.5) is 0 Å². The third kappa shape index (κ3) is 5.10. The molecule has 0 radical (unpaired) electrons. The molecule has 4 heteroatoms. The van der Waals surface area contributed by atoms with E-state index in [-0.39, 0.29) is 17.5 Å². The second kappa shape index (κ2) is 12.5. The Morgan fingerprint density at radius 1 is 0.421 bits per heavy atom. The first-order chi connectivity index (χ1) is 28.8. The highest BCUT2D eigenvalue weighted by molar-refractivity contribution is 6.22. The van der Waals surface area contributed by atoms with Crippen molar-refractivity contribution in [3.05, 3.63) is 187 Å². The normalized spacial score (nSPS) is 13.4. The van der Waals surface area contributed by atoms with Crippen molar-refractivity contribution in [2.75, 3.05) is 0 Å². The molecule has 1 heterocycles. The predicted molar refractivity (Wildman–Crippen MR) is 231 cm³/mol. The maximum Gasteiger partial charge on any atom is 0.164 e. The highest BCUT2D eigenvalue weighted by atomic mass is 15.0. The molecule has 0 amide bonds. The Balaban J connectivity index is 1.05. The molecule has 0 unspecified atom stereocenters. The molecule has 1 aromatic heterocycles. The van der Waals surface area contributed by atoms with Crippen LogP contribution in [-0.4, -0.2) is 15.0 Å². The van der Waals surface area contributed by atoms with Crippen LogP contribution in [0.15, 0.2) is 170 Å². The SMILES string of the molecule is [2H]c1cc2c(cc1[2H])-c1ccc(-c3ccc(-c4nc(-c5ccccc5)nc(-c5ccc6c(c5)C(C)(C)c5ccccc5-6)n4)cc3)c3c(-c4ccc(C#N)cc4)ccc-2c13. The van der Waals surface area contributed by atoms with Gasteiger partial charge in [0.05, 0.1) is 14.4 Å². The summed E-state index contributed by atoms with van der Waals surface area (Å²) < 4.78 is 16.9. The molecule has 2 aliphatic carbocycles. The van der Waals surface area contributed by atoms with E-state index in [0.29, 0.717) is 23.0 Å². The average Bonchev–Trinajstić information content (AvgIpc) is 3.71. The minimum absolute atomic E-state index is 0.156. The largest absolute Gasteiger partial charge is 0.208 e. The molecule has 4 nitrogen and oxygen atoms in total. The third-order valence-corrected chi connectivity index (χ3v) is 11.8. The van der Waals surface area contributed by atoms with Crippen LogP contribution in [-0.2, 0) is 5.41 Å². The lowest BCUT2D eigenvalue weighted by atomic mass is 9.82. The number of fused-ring (bicyclic) bond motifs is 6. The summed E-state index contributed by atoms with van der Waals surface area (Å²) in [6.45, 7) is 4.57. The zero-order valence-corrected chi connectivity index (χ0v) is 31.3. The van der Waals surface area contributed by atoms with Gasteiger partial charge in [-0.1, -0.05) is 165 Å². The molecule has 0 saturated heterocycles. The number of rotatable bonds is 5. The lowest BCUT2D eigenvalue weighted by Gasteiger charge is -2.21. The standard InChI is InChI=1S/C53H34N4/c1-53(2)46-15-9-8-14-42(46)43-25-24-37(30-47(43)53)52-56-50(35-10-4-3-5-11-35)55-51(57-52)36-22-20-34(21-23-36)39-27-29-45-41-13-7-6-12-40(41)44-28-26-38(48(39)49(44)45)33-18-16-32(31-54)17-19-33/h3-30H,1-2H3/i6D,7D. The number of nitriles is 1. The Bertz CT molecular complexity index is 3220. The molecule has 0 saturated carbocycles. The monoisotopic (exact) mass is 728 g/mol. The van der Waals surface area contributed by atoms with Crippen molar-refractivity contribution in [3.63, 3.8) is 0 Å². The van der Waals surface area contributed by atoms with Crippen molar-refractivity contribution in [3.8, 4) is 95.9 Å². The van der Waals surface area contributed by atoms with E-state index >= 15 is 0 Å². The first-order valence-electron chi connectivity index (χ1n) is 20.2. The minimum Gasteiger partial charge on any atom is -0.208 e.